The molecule has 8 aromatic rings. The molecule has 0 aliphatic carbocycles. The van der Waals surface area contributed by atoms with E-state index in [1.165, 1.54) is 16.2 Å². The van der Waals surface area contributed by atoms with Gasteiger partial charge in [0, 0.05) is 34.1 Å². The summed E-state index contributed by atoms with van der Waals surface area (Å²) in [6, 6.07) is 57.6. The maximum absolute atomic E-state index is 5.21. The van der Waals surface area contributed by atoms with Crippen molar-refractivity contribution in [3.8, 4) is 45.0 Å². The number of para-hydroxylation sites is 1. The van der Waals surface area contributed by atoms with Crippen LogP contribution in [0.2, 0.25) is 0 Å². The third-order valence-corrected chi connectivity index (χ3v) is 9.63. The highest BCUT2D eigenvalue weighted by Crippen LogP contribution is 2.37. The van der Waals surface area contributed by atoms with Crippen LogP contribution in [0.3, 0.4) is 0 Å². The van der Waals surface area contributed by atoms with Gasteiger partial charge >= 0.3 is 0 Å². The average molecular weight is 652 g/mol. The van der Waals surface area contributed by atoms with Gasteiger partial charge in [-0.3, -0.25) is 0 Å². The number of hydrogen-bond donors (Lipinski definition) is 0. The maximum Gasteiger partial charge on any atom is 0.161 e. The van der Waals surface area contributed by atoms with Crippen LogP contribution in [-0.4, -0.2) is 9.97 Å². The van der Waals surface area contributed by atoms with E-state index in [9.17, 15) is 0 Å². The normalized spacial score (nSPS) is 13.8. The highest BCUT2D eigenvalue weighted by molar-refractivity contribution is 5.98. The smallest absolute Gasteiger partial charge is 0.161 e. The number of aromatic nitrogens is 2. The first-order valence-corrected chi connectivity index (χ1v) is 17.2. The van der Waals surface area contributed by atoms with Crippen LogP contribution in [0.15, 0.2) is 195 Å². The van der Waals surface area contributed by atoms with Crippen LogP contribution in [0.4, 0.5) is 11.4 Å². The Morgan fingerprint density at radius 1 is 0.451 bits per heavy atom. The van der Waals surface area contributed by atoms with Crippen molar-refractivity contribution in [2.24, 2.45) is 0 Å². The van der Waals surface area contributed by atoms with Gasteiger partial charge in [0.15, 0.2) is 5.82 Å². The Labute approximate surface area is 297 Å². The number of fused-ring (bicyclic) bond motifs is 3. The van der Waals surface area contributed by atoms with E-state index in [4.69, 9.17) is 9.97 Å². The summed E-state index contributed by atoms with van der Waals surface area (Å²) in [7, 11) is 0. The first-order chi connectivity index (χ1) is 25.2. The molecule has 3 heteroatoms. The van der Waals surface area contributed by atoms with Crippen molar-refractivity contribution in [1.82, 2.24) is 9.97 Å². The molecule has 1 aliphatic rings. The van der Waals surface area contributed by atoms with Crippen molar-refractivity contribution < 1.29 is 0 Å². The molecule has 1 aliphatic heterocycles. The number of hydrogen-bond acceptors (Lipinski definition) is 3. The molecule has 0 atom stereocenters. The van der Waals surface area contributed by atoms with E-state index in [0.717, 1.165) is 67.1 Å². The van der Waals surface area contributed by atoms with Crippen LogP contribution in [0, 0.1) is 0 Å². The van der Waals surface area contributed by atoms with Crippen LogP contribution in [0.1, 0.15) is 5.56 Å². The minimum atomic E-state index is 0.714. The zero-order valence-electron chi connectivity index (χ0n) is 27.9. The Hall–Kier alpha value is -6.84. The summed E-state index contributed by atoms with van der Waals surface area (Å²) in [6.45, 7) is 4.28. The van der Waals surface area contributed by atoms with Crippen molar-refractivity contribution in [3.05, 3.63) is 200 Å². The molecule has 7 aromatic carbocycles. The van der Waals surface area contributed by atoms with Gasteiger partial charge in [-0.05, 0) is 68.6 Å². The monoisotopic (exact) mass is 651 g/mol. The fraction of sp³-hybridized carbons (Fsp3) is 0. The topological polar surface area (TPSA) is 29.0 Å². The van der Waals surface area contributed by atoms with Crippen LogP contribution in [-0.2, 0) is 0 Å². The lowest BCUT2D eigenvalue weighted by molar-refractivity contribution is 1.19. The van der Waals surface area contributed by atoms with Gasteiger partial charge in [-0.25, -0.2) is 9.97 Å². The van der Waals surface area contributed by atoms with Crippen molar-refractivity contribution in [1.29, 1.82) is 0 Å². The number of nitrogens with zero attached hydrogens (tertiary/aromatic N) is 3. The van der Waals surface area contributed by atoms with Gasteiger partial charge in [0.2, 0.25) is 0 Å². The molecule has 0 fully saturated rings. The SMILES string of the molecule is C=C1/C=C\C=C/N(c2ccc(-c3ccc(-c4cc(-c5cccc6ccccc56)nc(-c5cccc6ccccc56)n4)cc3)cc2)c2ccccc21. The van der Waals surface area contributed by atoms with Gasteiger partial charge in [-0.1, -0.05) is 158 Å². The second-order valence-corrected chi connectivity index (χ2v) is 12.8. The van der Waals surface area contributed by atoms with Gasteiger partial charge in [0.1, 0.15) is 0 Å². The fourth-order valence-electron chi connectivity index (χ4n) is 7.03. The molecule has 0 saturated heterocycles. The number of anilines is 2. The number of allylic oxidation sites excluding steroid dienone is 4. The molecule has 0 amide bonds. The highest BCUT2D eigenvalue weighted by Gasteiger charge is 2.16. The van der Waals surface area contributed by atoms with Crippen LogP contribution >= 0.6 is 0 Å². The molecule has 0 N–H and O–H groups in total. The van der Waals surface area contributed by atoms with Crippen molar-refractivity contribution >= 4 is 38.5 Å². The summed E-state index contributed by atoms with van der Waals surface area (Å²) in [4.78, 5) is 12.6. The molecule has 0 spiro atoms. The zero-order chi connectivity index (χ0) is 34.1. The predicted molar refractivity (Wildman–Crippen MR) is 215 cm³/mol. The molecule has 9 rings (SSSR count). The summed E-state index contributed by atoms with van der Waals surface area (Å²) in [5, 5.41) is 4.66. The highest BCUT2D eigenvalue weighted by atomic mass is 15.1. The Morgan fingerprint density at radius 2 is 1.00 bits per heavy atom. The third-order valence-electron chi connectivity index (χ3n) is 9.63. The largest absolute Gasteiger partial charge is 0.317 e. The van der Waals surface area contributed by atoms with Gasteiger partial charge in [0.05, 0.1) is 17.1 Å². The predicted octanol–water partition coefficient (Wildman–Crippen LogP) is 12.7. The molecule has 0 radical (unpaired) electrons. The molecule has 240 valence electrons. The van der Waals surface area contributed by atoms with E-state index >= 15 is 0 Å². The lowest BCUT2D eigenvalue weighted by Gasteiger charge is -2.25. The van der Waals surface area contributed by atoms with Crippen molar-refractivity contribution in [2.75, 3.05) is 4.90 Å². The fourth-order valence-corrected chi connectivity index (χ4v) is 7.03. The van der Waals surface area contributed by atoms with E-state index in [1.807, 2.05) is 6.08 Å². The summed E-state index contributed by atoms with van der Waals surface area (Å²) >= 11 is 0. The van der Waals surface area contributed by atoms with Crippen molar-refractivity contribution in [3.63, 3.8) is 0 Å². The lowest BCUT2D eigenvalue weighted by atomic mass is 9.98. The van der Waals surface area contributed by atoms with Gasteiger partial charge in [-0.15, -0.1) is 0 Å². The molecular weight excluding hydrogens is 619 g/mol. The molecule has 0 unspecified atom stereocenters. The number of rotatable bonds is 5. The summed E-state index contributed by atoms with van der Waals surface area (Å²) in [6.07, 6.45) is 8.25. The molecule has 3 nitrogen and oxygen atoms in total. The first kappa shape index (κ1) is 30.2. The van der Waals surface area contributed by atoms with E-state index in [-0.39, 0.29) is 0 Å². The minimum Gasteiger partial charge on any atom is -0.317 e. The van der Waals surface area contributed by atoms with Crippen LogP contribution in [0.25, 0.3) is 72.1 Å². The van der Waals surface area contributed by atoms with Gasteiger partial charge in [-0.2, -0.15) is 0 Å². The molecule has 2 heterocycles. The van der Waals surface area contributed by atoms with E-state index < -0.39 is 0 Å². The third kappa shape index (κ3) is 5.71. The van der Waals surface area contributed by atoms with E-state index in [0.29, 0.717) is 5.82 Å². The van der Waals surface area contributed by atoms with E-state index in [2.05, 4.69) is 194 Å². The summed E-state index contributed by atoms with van der Waals surface area (Å²) in [5.41, 5.74) is 11.5. The average Bonchev–Trinajstić information content (AvgIpc) is 3.20. The maximum atomic E-state index is 5.21. The Balaban J connectivity index is 1.10. The first-order valence-electron chi connectivity index (χ1n) is 17.2. The van der Waals surface area contributed by atoms with Crippen molar-refractivity contribution in [2.45, 2.75) is 0 Å². The molecule has 1 aromatic heterocycles. The number of benzene rings is 7. The standard InChI is InChI=1S/C48H33N3/c1-33-12-8-9-31-51(47-22-7-6-17-40(33)47)39-29-27-35(28-30-39)34-23-25-38(26-24-34)45-32-46(43-20-10-15-36-13-2-4-18-41(36)43)50-48(49-45)44-21-11-16-37-14-3-5-19-42(37)44/h2-32H,1H2/b12-8-,31-9-. The summed E-state index contributed by atoms with van der Waals surface area (Å²) in [5.74, 6) is 0.714. The summed E-state index contributed by atoms with van der Waals surface area (Å²) < 4.78 is 0. The van der Waals surface area contributed by atoms with E-state index in [1.54, 1.807) is 0 Å². The quantitative estimate of drug-likeness (QED) is 0.185. The van der Waals surface area contributed by atoms with Crippen LogP contribution in [0.5, 0.6) is 0 Å². The molecule has 51 heavy (non-hydrogen) atoms. The van der Waals surface area contributed by atoms with Crippen LogP contribution < -0.4 is 4.90 Å². The van der Waals surface area contributed by atoms with Gasteiger partial charge in [0.25, 0.3) is 0 Å². The minimum absolute atomic E-state index is 0.714. The second kappa shape index (κ2) is 12.9. The lowest BCUT2D eigenvalue weighted by Crippen LogP contribution is -2.11. The van der Waals surface area contributed by atoms with Gasteiger partial charge < -0.3 is 4.90 Å². The Kier molecular flexibility index (Phi) is 7.64. The Morgan fingerprint density at radius 3 is 1.75 bits per heavy atom. The molecule has 0 saturated carbocycles. The molecule has 0 bridgehead atoms. The Bertz CT molecular complexity index is 2540. The molecular formula is C48H33N3. The second-order valence-electron chi connectivity index (χ2n) is 12.8. The zero-order valence-corrected chi connectivity index (χ0v) is 27.9.